The fraction of sp³-hybridized carbons (Fsp3) is 0.273. The second kappa shape index (κ2) is 11.2. The molecule has 6 heteroatoms. The summed E-state index contributed by atoms with van der Waals surface area (Å²) < 4.78 is 20.3. The van der Waals surface area contributed by atoms with Crippen LogP contribution in [0.5, 0.6) is 5.75 Å². The molecule has 0 radical (unpaired) electrons. The van der Waals surface area contributed by atoms with E-state index in [1.807, 2.05) is 59.1 Å². The molecule has 0 saturated heterocycles. The van der Waals surface area contributed by atoms with Gasteiger partial charge in [-0.1, -0.05) is 38.1 Å². The number of carbonyl (C=O) groups is 2. The standard InChI is InChI=1S/C33H33FO4S/c1-19-13-20(2)32(33(4,5)18-30(35)36)29(14-19)38-31(37)17-27-21(3)26(25-12-9-23(34)16-28(25)27)15-22-7-10-24(39-6)11-8-22/h7-16H,17-18H2,1-6H3,(H,35,36)/b26-15-. The Morgan fingerprint density at radius 3 is 2.33 bits per heavy atom. The molecule has 202 valence electrons. The van der Waals surface area contributed by atoms with E-state index in [1.54, 1.807) is 23.9 Å². The number of benzene rings is 3. The number of hydrogen-bond acceptors (Lipinski definition) is 4. The van der Waals surface area contributed by atoms with Crippen molar-refractivity contribution in [3.8, 4) is 5.75 Å². The number of carbonyl (C=O) groups excluding carboxylic acids is 1. The van der Waals surface area contributed by atoms with Crippen molar-refractivity contribution >= 4 is 40.9 Å². The molecule has 1 N–H and O–H groups in total. The quantitative estimate of drug-likeness (QED) is 0.176. The zero-order valence-electron chi connectivity index (χ0n) is 23.1. The SMILES string of the molecule is CSc1ccc(/C=C2/C(C)=C(CC(=O)Oc3cc(C)cc(C)c3C(C)(C)CC(=O)O)c3cc(F)ccc32)cc1. The van der Waals surface area contributed by atoms with Crippen LogP contribution in [0.2, 0.25) is 0 Å². The van der Waals surface area contributed by atoms with Gasteiger partial charge in [0.1, 0.15) is 11.6 Å². The smallest absolute Gasteiger partial charge is 0.315 e. The van der Waals surface area contributed by atoms with Crippen molar-refractivity contribution in [3.05, 3.63) is 99.4 Å². The van der Waals surface area contributed by atoms with Crippen LogP contribution in [0.15, 0.2) is 65.1 Å². The van der Waals surface area contributed by atoms with Crippen molar-refractivity contribution in [1.82, 2.24) is 0 Å². The van der Waals surface area contributed by atoms with Crippen LogP contribution in [0.1, 0.15) is 67.0 Å². The van der Waals surface area contributed by atoms with E-state index in [-0.39, 0.29) is 18.7 Å². The molecule has 0 bridgehead atoms. The number of halogens is 1. The number of hydrogen-bond donors (Lipinski definition) is 1. The fourth-order valence-corrected chi connectivity index (χ4v) is 5.90. The molecule has 3 aromatic rings. The predicted octanol–water partition coefficient (Wildman–Crippen LogP) is 8.24. The molecule has 0 heterocycles. The maximum Gasteiger partial charge on any atom is 0.315 e. The van der Waals surface area contributed by atoms with Crippen LogP contribution in [-0.4, -0.2) is 23.3 Å². The van der Waals surface area contributed by atoms with E-state index in [0.29, 0.717) is 16.9 Å². The summed E-state index contributed by atoms with van der Waals surface area (Å²) in [5.41, 5.74) is 6.85. The van der Waals surface area contributed by atoms with Crippen molar-refractivity contribution in [1.29, 1.82) is 0 Å². The van der Waals surface area contributed by atoms with E-state index in [1.165, 1.54) is 17.0 Å². The summed E-state index contributed by atoms with van der Waals surface area (Å²) in [4.78, 5) is 26.1. The Morgan fingerprint density at radius 2 is 1.69 bits per heavy atom. The second-order valence-corrected chi connectivity index (χ2v) is 11.6. The maximum atomic E-state index is 14.4. The summed E-state index contributed by atoms with van der Waals surface area (Å²) in [6, 6.07) is 16.6. The van der Waals surface area contributed by atoms with Crippen molar-refractivity contribution in [3.63, 3.8) is 0 Å². The predicted molar refractivity (Wildman–Crippen MR) is 157 cm³/mol. The molecule has 0 fully saturated rings. The zero-order chi connectivity index (χ0) is 28.5. The second-order valence-electron chi connectivity index (χ2n) is 10.7. The highest BCUT2D eigenvalue weighted by Gasteiger charge is 2.31. The minimum absolute atomic E-state index is 0.0448. The molecule has 39 heavy (non-hydrogen) atoms. The first kappa shape index (κ1) is 28.4. The molecule has 3 aromatic carbocycles. The summed E-state index contributed by atoms with van der Waals surface area (Å²) in [5, 5.41) is 9.47. The number of fused-ring (bicyclic) bond motifs is 1. The van der Waals surface area contributed by atoms with Gasteiger partial charge >= 0.3 is 11.9 Å². The van der Waals surface area contributed by atoms with Crippen LogP contribution in [0.3, 0.4) is 0 Å². The van der Waals surface area contributed by atoms with Gasteiger partial charge < -0.3 is 9.84 Å². The Kier molecular flexibility index (Phi) is 8.17. The van der Waals surface area contributed by atoms with Crippen molar-refractivity contribution in [2.75, 3.05) is 6.26 Å². The van der Waals surface area contributed by atoms with Gasteiger partial charge in [0.2, 0.25) is 0 Å². The van der Waals surface area contributed by atoms with E-state index in [2.05, 4.69) is 18.2 Å². The zero-order valence-corrected chi connectivity index (χ0v) is 24.0. The molecule has 1 aliphatic carbocycles. The average molecular weight is 545 g/mol. The summed E-state index contributed by atoms with van der Waals surface area (Å²) in [6.45, 7) is 9.42. The van der Waals surface area contributed by atoms with Crippen molar-refractivity contribution in [2.24, 2.45) is 0 Å². The first-order valence-corrected chi connectivity index (χ1v) is 14.0. The third-order valence-corrected chi connectivity index (χ3v) is 7.88. The number of carboxylic acids is 1. The molecule has 0 atom stereocenters. The third-order valence-electron chi connectivity index (χ3n) is 7.14. The van der Waals surface area contributed by atoms with Gasteiger partial charge in [-0.15, -0.1) is 11.8 Å². The Bertz CT molecular complexity index is 1510. The Labute approximate surface area is 233 Å². The number of aryl methyl sites for hydroxylation is 2. The number of rotatable bonds is 8. The van der Waals surface area contributed by atoms with Gasteiger partial charge in [0.15, 0.2) is 0 Å². The Balaban J connectivity index is 1.70. The molecule has 0 spiro atoms. The molecule has 4 nitrogen and oxygen atoms in total. The van der Waals surface area contributed by atoms with Crippen molar-refractivity contribution in [2.45, 2.75) is 57.8 Å². The fourth-order valence-electron chi connectivity index (χ4n) is 5.49. The highest BCUT2D eigenvalue weighted by molar-refractivity contribution is 7.98. The first-order chi connectivity index (χ1) is 18.4. The molecule has 1 aliphatic rings. The van der Waals surface area contributed by atoms with E-state index in [9.17, 15) is 19.1 Å². The average Bonchev–Trinajstić information content (AvgIpc) is 3.08. The van der Waals surface area contributed by atoms with Gasteiger partial charge in [0.25, 0.3) is 0 Å². The van der Waals surface area contributed by atoms with Crippen LogP contribution < -0.4 is 4.74 Å². The summed E-state index contributed by atoms with van der Waals surface area (Å²) in [6.07, 6.45) is 3.94. The van der Waals surface area contributed by atoms with Crippen LogP contribution >= 0.6 is 11.8 Å². The molecule has 0 aromatic heterocycles. The van der Waals surface area contributed by atoms with Gasteiger partial charge in [-0.2, -0.15) is 0 Å². The normalized spacial score (nSPS) is 14.1. The van der Waals surface area contributed by atoms with Gasteiger partial charge in [-0.25, -0.2) is 4.39 Å². The highest BCUT2D eigenvalue weighted by atomic mass is 32.2. The number of allylic oxidation sites excluding steroid dienone is 2. The Morgan fingerprint density at radius 1 is 1.00 bits per heavy atom. The number of thioether (sulfide) groups is 1. The van der Waals surface area contributed by atoms with Gasteiger partial charge in [0.05, 0.1) is 12.8 Å². The lowest BCUT2D eigenvalue weighted by Crippen LogP contribution is -2.25. The molecule has 4 rings (SSSR count). The third kappa shape index (κ3) is 6.17. The summed E-state index contributed by atoms with van der Waals surface area (Å²) in [5.74, 6) is -1.42. The van der Waals surface area contributed by atoms with Crippen LogP contribution in [0.25, 0.3) is 17.2 Å². The minimum atomic E-state index is -0.926. The number of carboxylic acid groups (broad SMARTS) is 1. The lowest BCUT2D eigenvalue weighted by molar-refractivity contribution is -0.138. The van der Waals surface area contributed by atoms with E-state index in [0.717, 1.165) is 39.0 Å². The largest absolute Gasteiger partial charge is 0.481 e. The monoisotopic (exact) mass is 544 g/mol. The first-order valence-electron chi connectivity index (χ1n) is 12.8. The number of esters is 1. The van der Waals surface area contributed by atoms with Gasteiger partial charge in [0, 0.05) is 15.9 Å². The van der Waals surface area contributed by atoms with E-state index >= 15 is 0 Å². The highest BCUT2D eigenvalue weighted by Crippen LogP contribution is 2.44. The minimum Gasteiger partial charge on any atom is -0.481 e. The summed E-state index contributed by atoms with van der Waals surface area (Å²) in [7, 11) is 0. The van der Waals surface area contributed by atoms with Crippen LogP contribution in [0, 0.1) is 19.7 Å². The maximum absolute atomic E-state index is 14.4. The molecular formula is C33H33FO4S. The van der Waals surface area contributed by atoms with E-state index in [4.69, 9.17) is 4.74 Å². The molecule has 0 aliphatic heterocycles. The van der Waals surface area contributed by atoms with Gasteiger partial charge in [-0.3, -0.25) is 9.59 Å². The Hall–Kier alpha value is -3.64. The number of ether oxygens (including phenoxy) is 1. The van der Waals surface area contributed by atoms with Crippen LogP contribution in [0.4, 0.5) is 4.39 Å². The topological polar surface area (TPSA) is 63.6 Å². The number of aliphatic carboxylic acids is 1. The molecule has 0 saturated carbocycles. The van der Waals surface area contributed by atoms with Gasteiger partial charge in [-0.05, 0) is 108 Å². The lowest BCUT2D eigenvalue weighted by Gasteiger charge is -2.28. The van der Waals surface area contributed by atoms with E-state index < -0.39 is 17.4 Å². The molecular weight excluding hydrogens is 511 g/mol. The summed E-state index contributed by atoms with van der Waals surface area (Å²) >= 11 is 1.67. The van der Waals surface area contributed by atoms with Crippen LogP contribution in [-0.2, 0) is 15.0 Å². The van der Waals surface area contributed by atoms with Crippen molar-refractivity contribution < 1.29 is 23.8 Å². The molecule has 0 unspecified atom stereocenters. The lowest BCUT2D eigenvalue weighted by atomic mass is 9.78. The molecule has 0 amide bonds.